The minimum atomic E-state index is -4.39. The van der Waals surface area contributed by atoms with Gasteiger partial charge in [-0.3, -0.25) is 33.6 Å². The number of nitrogens with one attached hydrogen (secondary N) is 6. The van der Waals surface area contributed by atoms with E-state index in [-0.39, 0.29) is 122 Å². The molecule has 8 N–H and O–H groups in total. The van der Waals surface area contributed by atoms with E-state index < -0.39 is 105 Å². The molecular formula is C62H93ClN7O19S-. The second-order valence-corrected chi connectivity index (χ2v) is 25.5. The van der Waals surface area contributed by atoms with Crippen LogP contribution in [0.1, 0.15) is 116 Å². The number of amides is 6. The van der Waals surface area contributed by atoms with Gasteiger partial charge in [-0.2, -0.15) is 0 Å². The molecular weight excluding hydrogens is 1210 g/mol. The molecule has 0 aliphatic carbocycles. The van der Waals surface area contributed by atoms with Gasteiger partial charge in [-0.15, -0.1) is 0 Å². The van der Waals surface area contributed by atoms with Crippen molar-refractivity contribution in [2.75, 3.05) is 85.4 Å². The molecule has 0 bridgehead atoms. The van der Waals surface area contributed by atoms with E-state index in [9.17, 15) is 51.3 Å². The first kappa shape index (κ1) is 76.2. The smallest absolute Gasteiger partial charge is 0.347 e. The van der Waals surface area contributed by atoms with E-state index in [0.29, 0.717) is 48.9 Å². The van der Waals surface area contributed by atoms with Crippen molar-refractivity contribution in [3.8, 4) is 5.75 Å². The fourth-order valence-electron chi connectivity index (χ4n) is 9.08. The highest BCUT2D eigenvalue weighted by molar-refractivity contribution is 7.85. The highest BCUT2D eigenvalue weighted by Crippen LogP contribution is 2.45. The molecule has 4 rings (SSSR count). The Morgan fingerprint density at radius 3 is 1.98 bits per heavy atom. The molecule has 26 nitrogen and oxygen atoms in total. The van der Waals surface area contributed by atoms with Crippen LogP contribution in [0.15, 0.2) is 54.6 Å². The van der Waals surface area contributed by atoms with E-state index >= 15 is 0 Å². The maximum Gasteiger partial charge on any atom is 0.347 e. The van der Waals surface area contributed by atoms with Crippen LogP contribution in [0.5, 0.6) is 5.75 Å². The predicted octanol–water partition coefficient (Wildman–Crippen LogP) is 3.00. The molecule has 504 valence electrons. The van der Waals surface area contributed by atoms with Crippen LogP contribution in [-0.4, -0.2) is 182 Å². The van der Waals surface area contributed by atoms with Gasteiger partial charge < -0.3 is 80.1 Å². The number of cyclic esters (lactones) is 2. The Bertz CT molecular complexity index is 2790. The summed E-state index contributed by atoms with van der Waals surface area (Å²) < 4.78 is 76.9. The lowest BCUT2D eigenvalue weighted by atomic mass is 9.92. The zero-order valence-corrected chi connectivity index (χ0v) is 54.5. The second kappa shape index (κ2) is 39.2. The number of hydrogen-bond acceptors (Lipinski definition) is 20. The van der Waals surface area contributed by atoms with Crippen molar-refractivity contribution in [3.63, 3.8) is 0 Å². The lowest BCUT2D eigenvalue weighted by Crippen LogP contribution is -2.52. The minimum absolute atomic E-state index is 0.0122. The maximum atomic E-state index is 14.0. The normalized spacial score (nSPS) is 20.3. The monoisotopic (exact) mass is 1310 g/mol. The van der Waals surface area contributed by atoms with Gasteiger partial charge in [-0.25, -0.2) is 13.2 Å². The molecule has 6 amide bonds. The molecule has 28 heteroatoms. The van der Waals surface area contributed by atoms with Gasteiger partial charge in [-0.05, 0) is 86.3 Å². The van der Waals surface area contributed by atoms with Gasteiger partial charge in [0.15, 0.2) is 6.10 Å². The Kier molecular flexibility index (Phi) is 33.2. The molecule has 2 aliphatic heterocycles. The van der Waals surface area contributed by atoms with Crippen LogP contribution in [-0.2, 0) is 94.6 Å². The van der Waals surface area contributed by atoms with Crippen LogP contribution in [0.3, 0.4) is 0 Å². The molecule has 8 atom stereocenters. The minimum Gasteiger partial charge on any atom is -0.748 e. The molecule has 1 fully saturated rings. The average Bonchev–Trinajstić information content (AvgIpc) is 2.09. The molecule has 0 aromatic heterocycles. The van der Waals surface area contributed by atoms with E-state index in [1.54, 1.807) is 38.1 Å². The van der Waals surface area contributed by atoms with Crippen LogP contribution >= 0.6 is 11.6 Å². The van der Waals surface area contributed by atoms with E-state index in [1.807, 2.05) is 58.9 Å². The molecule has 2 heterocycles. The van der Waals surface area contributed by atoms with Crippen LogP contribution in [0.2, 0.25) is 5.02 Å². The number of carbonyl (C=O) groups is 8. The van der Waals surface area contributed by atoms with Crippen molar-refractivity contribution in [2.24, 2.45) is 28.9 Å². The summed E-state index contributed by atoms with van der Waals surface area (Å²) in [7, 11) is -2.91. The largest absolute Gasteiger partial charge is 0.748 e. The third kappa shape index (κ3) is 28.9. The molecule has 0 spiro atoms. The Balaban J connectivity index is 1.25. The first-order chi connectivity index (χ1) is 42.7. The van der Waals surface area contributed by atoms with E-state index in [1.165, 1.54) is 13.2 Å². The summed E-state index contributed by atoms with van der Waals surface area (Å²) in [4.78, 5) is 106. The summed E-state index contributed by atoms with van der Waals surface area (Å²) in [5.74, 6) is -5.02. The number of methoxy groups -OCH3 is 1. The number of rotatable bonds is 37. The average molecular weight is 1310 g/mol. The summed E-state index contributed by atoms with van der Waals surface area (Å²) in [6.07, 6.45) is 1.69. The maximum absolute atomic E-state index is 14.0. The quantitative estimate of drug-likeness (QED) is 0.0221. The van der Waals surface area contributed by atoms with Crippen molar-refractivity contribution in [1.29, 1.82) is 0 Å². The van der Waals surface area contributed by atoms with Gasteiger partial charge in [-0.1, -0.05) is 82.6 Å². The van der Waals surface area contributed by atoms with E-state index in [0.717, 1.165) is 11.1 Å². The Morgan fingerprint density at radius 1 is 0.800 bits per heavy atom. The molecule has 0 radical (unpaired) electrons. The molecule has 1 unspecified atom stereocenters. The highest BCUT2D eigenvalue weighted by Gasteiger charge is 2.48. The van der Waals surface area contributed by atoms with Crippen LogP contribution < -0.4 is 42.4 Å². The van der Waals surface area contributed by atoms with Crippen LogP contribution in [0, 0.1) is 23.2 Å². The number of hydrogen-bond donors (Lipinski definition) is 7. The Morgan fingerprint density at radius 2 is 1.40 bits per heavy atom. The summed E-state index contributed by atoms with van der Waals surface area (Å²) in [5.41, 5.74) is 7.09. The number of unbranched alkanes of at least 4 members (excludes halogenated alkanes) is 1. The number of esters is 2. The standard InChI is InChI=1S/C62H94ClN7O19S/c1-39(2)34-50-60(77)87-48(13-11-14-53(73)69-47(36-43-17-20-49(82-8)45(63)35-43)58(75)68-38-62(6,7)61(78)88-50)41(5)55-56(89-55)44-18-15-42(16-19-44)37-67-57(74)46(70-59(76)54(64)40(3)4)12-9-10-23-65-51(71)21-25-83-27-29-85-31-32-86-30-28-84-26-22-52(72)66-24-33-90(79,80)81/h11,14-20,35,39-41,46-48,50,54-56H,9-10,12-13,21-34,36-38,64H2,1-8H3,(H,65,71)(H,66,72)(H,67,74)(H,68,75)(H,69,73)(H,70,76)(H,79,80,81)/p-1/b14-11+/t41-,46-,47?,48-,50-,54-,55+,56+/m0/s1. The molecule has 2 aromatic rings. The number of nitrogens with two attached hydrogens (primary N) is 1. The summed E-state index contributed by atoms with van der Waals surface area (Å²) >= 11 is 6.39. The predicted molar refractivity (Wildman–Crippen MR) is 330 cm³/mol. The van der Waals surface area contributed by atoms with Gasteiger partial charge in [0.1, 0.15) is 30.0 Å². The van der Waals surface area contributed by atoms with Gasteiger partial charge in [0.25, 0.3) is 0 Å². The molecule has 1 saturated heterocycles. The van der Waals surface area contributed by atoms with Gasteiger partial charge >= 0.3 is 11.9 Å². The summed E-state index contributed by atoms with van der Waals surface area (Å²) in [6.45, 7) is 14.4. The third-order valence-electron chi connectivity index (χ3n) is 14.7. The van der Waals surface area contributed by atoms with E-state index in [2.05, 4.69) is 31.9 Å². The lowest BCUT2D eigenvalue weighted by Gasteiger charge is -2.29. The second-order valence-electron chi connectivity index (χ2n) is 23.6. The Labute approximate surface area is 533 Å². The molecule has 0 saturated carbocycles. The topological polar surface area (TPSA) is 369 Å². The molecule has 2 aromatic carbocycles. The Hall–Kier alpha value is -6.30. The van der Waals surface area contributed by atoms with Gasteiger partial charge in [0.05, 0.1) is 98.4 Å². The summed E-state index contributed by atoms with van der Waals surface area (Å²) in [6, 6.07) is 9.67. The van der Waals surface area contributed by atoms with Crippen molar-refractivity contribution >= 4 is 69.1 Å². The lowest BCUT2D eigenvalue weighted by molar-refractivity contribution is -0.179. The molecule has 90 heavy (non-hydrogen) atoms. The molecule has 2 aliphatic rings. The van der Waals surface area contributed by atoms with Crippen molar-refractivity contribution in [2.45, 2.75) is 149 Å². The third-order valence-corrected chi connectivity index (χ3v) is 15.7. The zero-order chi connectivity index (χ0) is 66.4. The van der Waals surface area contributed by atoms with Crippen LogP contribution in [0.25, 0.3) is 0 Å². The van der Waals surface area contributed by atoms with Crippen molar-refractivity contribution in [1.82, 2.24) is 31.9 Å². The number of epoxide rings is 1. The van der Waals surface area contributed by atoms with E-state index in [4.69, 9.17) is 55.2 Å². The first-order valence-corrected chi connectivity index (χ1v) is 32.5. The first-order valence-electron chi connectivity index (χ1n) is 30.5. The SMILES string of the molecule is COc1ccc(CC2NC(=O)/C=C/C[C@@H]([C@H](C)[C@H]3O[C@@H]3c3ccc(CNC(=O)[C@H](CCCCNC(=O)CCOCCOCCOCCOCCC(=O)NCCS(=O)(=O)[O-])NC(=O)[C@@H](N)C(C)C)cc3)OC(=O)[C@H](CC(C)C)OC(=O)C(C)(C)CNC2=O)cc1Cl. The van der Waals surface area contributed by atoms with Crippen molar-refractivity contribution in [3.05, 3.63) is 76.3 Å². The van der Waals surface area contributed by atoms with Gasteiger partial charge in [0, 0.05) is 57.8 Å². The number of benzene rings is 2. The number of halogens is 1. The summed E-state index contributed by atoms with van der Waals surface area (Å²) in [5, 5.41) is 16.8. The van der Waals surface area contributed by atoms with Crippen LogP contribution in [0.4, 0.5) is 0 Å². The highest BCUT2D eigenvalue weighted by atomic mass is 35.5. The number of carbonyl (C=O) groups excluding carboxylic acids is 8. The fraction of sp³-hybridized carbons (Fsp3) is 0.645. The zero-order valence-electron chi connectivity index (χ0n) is 52.9. The fourth-order valence-corrected chi connectivity index (χ4v) is 9.72. The van der Waals surface area contributed by atoms with Crippen molar-refractivity contribution < 1.29 is 89.2 Å². The van der Waals surface area contributed by atoms with Gasteiger partial charge in [0.2, 0.25) is 35.4 Å². The number of ether oxygens (including phenoxy) is 8.